The summed E-state index contributed by atoms with van der Waals surface area (Å²) >= 11 is 0. The number of aliphatic hydroxyl groups excluding tert-OH is 1. The summed E-state index contributed by atoms with van der Waals surface area (Å²) in [6.45, 7) is 11.4. The highest BCUT2D eigenvalue weighted by Gasteiger charge is 2.33. The molecule has 0 aliphatic heterocycles. The predicted octanol–water partition coefficient (Wildman–Crippen LogP) is 4.23. The number of quaternary nitrogens is 1. The van der Waals surface area contributed by atoms with Gasteiger partial charge in [0, 0.05) is 0 Å². The summed E-state index contributed by atoms with van der Waals surface area (Å²) in [5, 5.41) is 19.9. The molecule has 0 aromatic rings. The molecule has 2 atom stereocenters. The van der Waals surface area contributed by atoms with E-state index >= 15 is 0 Å². The molecule has 0 rings (SSSR count). The van der Waals surface area contributed by atoms with E-state index in [0.29, 0.717) is 13.1 Å². The Morgan fingerprint density at radius 2 is 1.67 bits per heavy atom. The molecule has 142 valence electrons. The van der Waals surface area contributed by atoms with E-state index in [1.165, 1.54) is 0 Å². The minimum atomic E-state index is -0.729. The summed E-state index contributed by atoms with van der Waals surface area (Å²) in [4.78, 5) is 11.4. The molecule has 2 N–H and O–H groups in total. The van der Waals surface area contributed by atoms with Gasteiger partial charge in [-0.3, -0.25) is 4.79 Å². The van der Waals surface area contributed by atoms with Crippen molar-refractivity contribution < 1.29 is 19.5 Å². The lowest BCUT2D eigenvalue weighted by atomic mass is 10.0. The molecular weight excluding hydrogens is 302 g/mol. The molecule has 0 aliphatic carbocycles. The van der Waals surface area contributed by atoms with Crippen molar-refractivity contribution in [1.82, 2.24) is 0 Å². The number of aliphatic hydroxyl groups is 1. The van der Waals surface area contributed by atoms with E-state index in [1.54, 1.807) is 6.92 Å². The molecule has 0 fully saturated rings. The Balaban J connectivity index is 4.96. The highest BCUT2D eigenvalue weighted by molar-refractivity contribution is 5.69. The van der Waals surface area contributed by atoms with Crippen molar-refractivity contribution in [3.63, 3.8) is 0 Å². The van der Waals surface area contributed by atoms with Gasteiger partial charge in [0.15, 0.2) is 0 Å². The average Bonchev–Trinajstić information content (AvgIpc) is 2.54. The Bertz CT molecular complexity index is 347. The van der Waals surface area contributed by atoms with Gasteiger partial charge >= 0.3 is 5.97 Å². The first kappa shape index (κ1) is 23.1. The van der Waals surface area contributed by atoms with Gasteiger partial charge in [0.1, 0.15) is 18.6 Å². The Kier molecular flexibility index (Phi) is 12.9. The molecule has 24 heavy (non-hydrogen) atoms. The molecule has 0 aromatic heterocycles. The second kappa shape index (κ2) is 13.4. The second-order valence-electron chi connectivity index (χ2n) is 7.25. The van der Waals surface area contributed by atoms with Gasteiger partial charge in [-0.1, -0.05) is 38.8 Å². The van der Waals surface area contributed by atoms with E-state index in [-0.39, 0.29) is 12.0 Å². The zero-order valence-electron chi connectivity index (χ0n) is 16.3. The fraction of sp³-hybridized carbons (Fsp3) is 0.850. The molecule has 0 heterocycles. The van der Waals surface area contributed by atoms with Gasteiger partial charge in [0.05, 0.1) is 19.6 Å². The maximum Gasteiger partial charge on any atom is 0.311 e. The lowest BCUT2D eigenvalue weighted by Gasteiger charge is -2.41. The quantitative estimate of drug-likeness (QED) is 0.266. The Morgan fingerprint density at radius 3 is 2.12 bits per heavy atom. The predicted molar refractivity (Wildman–Crippen MR) is 101 cm³/mol. The van der Waals surface area contributed by atoms with Crippen molar-refractivity contribution in [1.29, 1.82) is 0 Å². The van der Waals surface area contributed by atoms with Gasteiger partial charge in [-0.15, -0.1) is 0 Å². The number of allylic oxidation sites excluding steroid dienone is 2. The number of carboxylic acids is 1. The van der Waals surface area contributed by atoms with Crippen LogP contribution in [0.2, 0.25) is 0 Å². The highest BCUT2D eigenvalue weighted by atomic mass is 16.4. The third kappa shape index (κ3) is 10.1. The van der Waals surface area contributed by atoms with Crippen molar-refractivity contribution >= 4 is 5.97 Å². The van der Waals surface area contributed by atoms with Crippen LogP contribution in [0.5, 0.6) is 0 Å². The fourth-order valence-corrected chi connectivity index (χ4v) is 3.37. The minimum absolute atomic E-state index is 0.343. The van der Waals surface area contributed by atoms with Crippen LogP contribution >= 0.6 is 0 Å². The highest BCUT2D eigenvalue weighted by Crippen LogP contribution is 2.19. The third-order valence-electron chi connectivity index (χ3n) is 4.80. The van der Waals surface area contributed by atoms with Crippen LogP contribution < -0.4 is 0 Å². The number of hydrogen-bond acceptors (Lipinski definition) is 2. The molecular formula is C20H40NO3+. The summed E-state index contributed by atoms with van der Waals surface area (Å²) in [5.74, 6) is -1.10. The molecule has 0 saturated heterocycles. The molecule has 0 saturated carbocycles. The average molecular weight is 343 g/mol. The first-order chi connectivity index (χ1) is 11.4. The largest absolute Gasteiger partial charge is 0.481 e. The summed E-state index contributed by atoms with van der Waals surface area (Å²) < 4.78 is 0.750. The summed E-state index contributed by atoms with van der Waals surface area (Å²) in [6, 6.07) is 0. The number of carboxylic acid groups (broad SMARTS) is 1. The van der Waals surface area contributed by atoms with Crippen LogP contribution in [0.15, 0.2) is 12.2 Å². The van der Waals surface area contributed by atoms with E-state index in [9.17, 15) is 15.0 Å². The van der Waals surface area contributed by atoms with E-state index in [4.69, 9.17) is 0 Å². The van der Waals surface area contributed by atoms with Crippen molar-refractivity contribution in [2.45, 2.75) is 78.7 Å². The van der Waals surface area contributed by atoms with Crippen LogP contribution in [-0.2, 0) is 4.79 Å². The maximum atomic E-state index is 11.4. The lowest BCUT2D eigenvalue weighted by Crippen LogP contribution is -2.56. The van der Waals surface area contributed by atoms with Crippen molar-refractivity contribution in [3.05, 3.63) is 12.2 Å². The van der Waals surface area contributed by atoms with Gasteiger partial charge in [-0.05, 0) is 46.0 Å². The van der Waals surface area contributed by atoms with Crippen LogP contribution in [0.4, 0.5) is 0 Å². The molecule has 0 radical (unpaired) electrons. The summed E-state index contributed by atoms with van der Waals surface area (Å²) in [6.07, 6.45) is 11.0. The fourth-order valence-electron chi connectivity index (χ4n) is 3.37. The van der Waals surface area contributed by atoms with Crippen LogP contribution in [0.3, 0.4) is 0 Å². The number of nitrogens with zero attached hydrogens (tertiary/aromatic N) is 1. The molecule has 0 aliphatic rings. The van der Waals surface area contributed by atoms with E-state index < -0.39 is 5.97 Å². The number of carbonyl (C=O) groups is 1. The number of rotatable bonds is 15. The van der Waals surface area contributed by atoms with Crippen LogP contribution in [0, 0.1) is 5.92 Å². The minimum Gasteiger partial charge on any atom is -0.481 e. The molecule has 0 bridgehead atoms. The first-order valence-electron chi connectivity index (χ1n) is 9.77. The number of hydrogen-bond donors (Lipinski definition) is 2. The molecule has 0 amide bonds. The van der Waals surface area contributed by atoms with Crippen molar-refractivity contribution in [2.24, 2.45) is 5.92 Å². The molecule has 0 spiro atoms. The van der Waals surface area contributed by atoms with Gasteiger partial charge in [0.25, 0.3) is 0 Å². The Hall–Kier alpha value is -0.870. The SMILES string of the molecule is C/C=C/CCCC(O)C[N+](CCCC)(CCCC)CC(C)C(=O)O. The molecule has 2 unspecified atom stereocenters. The summed E-state index contributed by atoms with van der Waals surface area (Å²) in [7, 11) is 0. The van der Waals surface area contributed by atoms with Crippen molar-refractivity contribution in [2.75, 3.05) is 26.2 Å². The molecule has 0 aromatic carbocycles. The monoisotopic (exact) mass is 342 g/mol. The van der Waals surface area contributed by atoms with Gasteiger partial charge in [-0.2, -0.15) is 0 Å². The molecule has 4 heteroatoms. The number of aliphatic carboxylic acids is 1. The number of unbranched alkanes of at least 4 members (excludes halogenated alkanes) is 3. The first-order valence-corrected chi connectivity index (χ1v) is 9.77. The van der Waals surface area contributed by atoms with Crippen LogP contribution in [-0.4, -0.2) is 52.9 Å². The zero-order valence-corrected chi connectivity index (χ0v) is 16.3. The Labute approximate surface area is 149 Å². The van der Waals surface area contributed by atoms with Crippen LogP contribution in [0.25, 0.3) is 0 Å². The van der Waals surface area contributed by atoms with Crippen LogP contribution in [0.1, 0.15) is 72.6 Å². The van der Waals surface area contributed by atoms with Gasteiger partial charge in [-0.25, -0.2) is 0 Å². The standard InChI is InChI=1S/C20H39NO3/c1-5-8-11-12-13-19(22)17-21(14-9-6-2,15-10-7-3)16-18(4)20(23)24/h5,8,18-19,22H,6-7,9-17H2,1-4H3/p+1/b8-5+. The van der Waals surface area contributed by atoms with E-state index in [0.717, 1.165) is 62.5 Å². The van der Waals surface area contributed by atoms with Gasteiger partial charge in [0.2, 0.25) is 0 Å². The lowest BCUT2D eigenvalue weighted by molar-refractivity contribution is -0.933. The third-order valence-corrected chi connectivity index (χ3v) is 4.80. The maximum absolute atomic E-state index is 11.4. The van der Waals surface area contributed by atoms with Gasteiger partial charge < -0.3 is 14.7 Å². The summed E-state index contributed by atoms with van der Waals surface area (Å²) in [5.41, 5.74) is 0. The topological polar surface area (TPSA) is 57.5 Å². The zero-order chi connectivity index (χ0) is 18.4. The van der Waals surface area contributed by atoms with E-state index in [2.05, 4.69) is 19.9 Å². The smallest absolute Gasteiger partial charge is 0.311 e. The molecule has 4 nitrogen and oxygen atoms in total. The van der Waals surface area contributed by atoms with Crippen molar-refractivity contribution in [3.8, 4) is 0 Å². The van der Waals surface area contributed by atoms with E-state index in [1.807, 2.05) is 13.0 Å². The second-order valence-corrected chi connectivity index (χ2v) is 7.25. The Morgan fingerprint density at radius 1 is 1.08 bits per heavy atom. The normalized spacial score (nSPS) is 14.9.